The van der Waals surface area contributed by atoms with Gasteiger partial charge in [0.05, 0.1) is 17.7 Å². The van der Waals surface area contributed by atoms with E-state index < -0.39 is 0 Å². The van der Waals surface area contributed by atoms with Gasteiger partial charge in [-0.3, -0.25) is 14.5 Å². The largest absolute Gasteiger partial charge is 0.494 e. The maximum Gasteiger partial charge on any atom is 0.261 e. The number of amides is 2. The Kier molecular flexibility index (Phi) is 6.24. The van der Waals surface area contributed by atoms with E-state index in [-0.39, 0.29) is 11.8 Å². The van der Waals surface area contributed by atoms with Crippen LogP contribution in [0.2, 0.25) is 0 Å². The second kappa shape index (κ2) is 8.82. The Morgan fingerprint density at radius 3 is 2.30 bits per heavy atom. The fourth-order valence-corrected chi connectivity index (χ4v) is 3.25. The first kappa shape index (κ1) is 19.1. The van der Waals surface area contributed by atoms with Crippen molar-refractivity contribution < 1.29 is 14.3 Å². The number of hydrogen-bond donors (Lipinski definition) is 0. The van der Waals surface area contributed by atoms with Gasteiger partial charge in [-0.1, -0.05) is 24.3 Å². The lowest BCUT2D eigenvalue weighted by Gasteiger charge is -2.14. The lowest BCUT2D eigenvalue weighted by Crippen LogP contribution is -2.31. The van der Waals surface area contributed by atoms with Gasteiger partial charge in [0.25, 0.3) is 11.8 Å². The molecule has 27 heavy (non-hydrogen) atoms. The Morgan fingerprint density at radius 2 is 1.63 bits per heavy atom. The summed E-state index contributed by atoms with van der Waals surface area (Å²) >= 11 is 0. The van der Waals surface area contributed by atoms with Gasteiger partial charge in [-0.15, -0.1) is 0 Å². The summed E-state index contributed by atoms with van der Waals surface area (Å²) in [7, 11) is 4.15. The molecule has 0 saturated carbocycles. The normalized spacial score (nSPS) is 13.4. The van der Waals surface area contributed by atoms with Crippen LogP contribution in [0, 0.1) is 0 Å². The Hall–Kier alpha value is -2.66. The molecule has 0 unspecified atom stereocenters. The minimum absolute atomic E-state index is 0.210. The molecule has 5 nitrogen and oxygen atoms in total. The molecule has 0 atom stereocenters. The van der Waals surface area contributed by atoms with E-state index >= 15 is 0 Å². The highest BCUT2D eigenvalue weighted by molar-refractivity contribution is 6.21. The van der Waals surface area contributed by atoms with Gasteiger partial charge >= 0.3 is 0 Å². The zero-order chi connectivity index (χ0) is 19.2. The Labute approximate surface area is 160 Å². The molecule has 0 aliphatic carbocycles. The number of imide groups is 1. The van der Waals surface area contributed by atoms with Crippen molar-refractivity contribution in [3.63, 3.8) is 0 Å². The highest BCUT2D eigenvalue weighted by Gasteiger charge is 2.34. The molecule has 0 saturated heterocycles. The van der Waals surface area contributed by atoms with E-state index in [0.717, 1.165) is 25.1 Å². The van der Waals surface area contributed by atoms with Gasteiger partial charge in [0, 0.05) is 6.54 Å². The summed E-state index contributed by atoms with van der Waals surface area (Å²) in [5.74, 6) is 0.414. The maximum atomic E-state index is 12.3. The lowest BCUT2D eigenvalue weighted by atomic mass is 10.1. The first-order valence-corrected chi connectivity index (χ1v) is 9.38. The highest BCUT2D eigenvalue weighted by Crippen LogP contribution is 2.22. The standard InChI is InChI=1S/C22H26N2O3/c1-23(2)13-6-9-17-8-5-10-18(16-17)27-15-7-14-24-21(25)19-11-3-4-12-20(19)22(24)26/h3-5,8,10-12,16H,6-7,9,13-15H2,1-2H3. The van der Waals surface area contributed by atoms with E-state index in [1.165, 1.54) is 10.5 Å². The van der Waals surface area contributed by atoms with Gasteiger partial charge in [0.2, 0.25) is 0 Å². The van der Waals surface area contributed by atoms with Gasteiger partial charge in [0.15, 0.2) is 0 Å². The van der Waals surface area contributed by atoms with Crippen LogP contribution in [0.5, 0.6) is 5.75 Å². The summed E-state index contributed by atoms with van der Waals surface area (Å²) in [6.45, 7) is 1.90. The van der Waals surface area contributed by atoms with Gasteiger partial charge in [-0.25, -0.2) is 0 Å². The Bertz CT molecular complexity index is 782. The molecule has 2 aromatic rings. The fraction of sp³-hybridized carbons (Fsp3) is 0.364. The van der Waals surface area contributed by atoms with Crippen molar-refractivity contribution in [2.75, 3.05) is 33.8 Å². The van der Waals surface area contributed by atoms with Crippen LogP contribution in [0.3, 0.4) is 0 Å². The molecule has 0 N–H and O–H groups in total. The summed E-state index contributed by atoms with van der Waals surface area (Å²) in [5.41, 5.74) is 2.25. The molecule has 5 heteroatoms. The van der Waals surface area contributed by atoms with E-state index in [1.807, 2.05) is 12.1 Å². The van der Waals surface area contributed by atoms with E-state index in [0.29, 0.717) is 30.7 Å². The van der Waals surface area contributed by atoms with Crippen molar-refractivity contribution in [3.05, 3.63) is 65.2 Å². The number of rotatable bonds is 9. The summed E-state index contributed by atoms with van der Waals surface area (Å²) in [6, 6.07) is 15.1. The molecule has 2 amide bonds. The topological polar surface area (TPSA) is 49.9 Å². The van der Waals surface area contributed by atoms with Crippen molar-refractivity contribution in [1.29, 1.82) is 0 Å². The smallest absolute Gasteiger partial charge is 0.261 e. The zero-order valence-corrected chi connectivity index (χ0v) is 16.0. The van der Waals surface area contributed by atoms with Crippen LogP contribution in [0.4, 0.5) is 0 Å². The van der Waals surface area contributed by atoms with Crippen molar-refractivity contribution >= 4 is 11.8 Å². The second-order valence-corrected chi connectivity index (χ2v) is 7.06. The summed E-state index contributed by atoms with van der Waals surface area (Å²) in [4.78, 5) is 28.1. The third kappa shape index (κ3) is 4.74. The first-order chi connectivity index (χ1) is 13.1. The van der Waals surface area contributed by atoms with Crippen molar-refractivity contribution in [2.45, 2.75) is 19.3 Å². The molecule has 3 rings (SSSR count). The number of carbonyl (C=O) groups excluding carboxylic acids is 2. The number of carbonyl (C=O) groups is 2. The van der Waals surface area contributed by atoms with Crippen LogP contribution in [0.15, 0.2) is 48.5 Å². The number of fused-ring (bicyclic) bond motifs is 1. The molecule has 1 heterocycles. The van der Waals surface area contributed by atoms with Crippen molar-refractivity contribution in [2.24, 2.45) is 0 Å². The SMILES string of the molecule is CN(C)CCCc1cccc(OCCCN2C(=O)c3ccccc3C2=O)c1. The Balaban J connectivity index is 1.46. The average molecular weight is 366 g/mol. The van der Waals surface area contributed by atoms with Crippen molar-refractivity contribution in [1.82, 2.24) is 9.80 Å². The van der Waals surface area contributed by atoms with E-state index in [4.69, 9.17) is 4.74 Å². The minimum Gasteiger partial charge on any atom is -0.494 e. The molecule has 1 aliphatic heterocycles. The summed E-state index contributed by atoms with van der Waals surface area (Å²) in [6.07, 6.45) is 2.73. The van der Waals surface area contributed by atoms with Crippen molar-refractivity contribution in [3.8, 4) is 5.75 Å². The molecule has 0 bridgehead atoms. The van der Waals surface area contributed by atoms with Gasteiger partial charge in [0.1, 0.15) is 5.75 Å². The van der Waals surface area contributed by atoms with E-state index in [1.54, 1.807) is 24.3 Å². The number of nitrogens with zero attached hydrogens (tertiary/aromatic N) is 2. The molecule has 142 valence electrons. The molecule has 1 aliphatic rings. The van der Waals surface area contributed by atoms with Crippen LogP contribution < -0.4 is 4.74 Å². The Morgan fingerprint density at radius 1 is 0.926 bits per heavy atom. The van der Waals surface area contributed by atoms with Crippen LogP contribution in [0.25, 0.3) is 0 Å². The molecule has 0 spiro atoms. The van der Waals surface area contributed by atoms with Gasteiger partial charge in [-0.05, 0) is 69.7 Å². The van der Waals surface area contributed by atoms with Gasteiger partial charge in [-0.2, -0.15) is 0 Å². The van der Waals surface area contributed by atoms with Crippen LogP contribution >= 0.6 is 0 Å². The van der Waals surface area contributed by atoms with Crippen LogP contribution in [-0.4, -0.2) is 55.4 Å². The maximum absolute atomic E-state index is 12.3. The van der Waals surface area contributed by atoms with Crippen LogP contribution in [0.1, 0.15) is 39.1 Å². The quantitative estimate of drug-likeness (QED) is 0.505. The highest BCUT2D eigenvalue weighted by atomic mass is 16.5. The lowest BCUT2D eigenvalue weighted by molar-refractivity contribution is 0.0647. The summed E-state index contributed by atoms with van der Waals surface area (Å²) in [5, 5.41) is 0. The number of hydrogen-bond acceptors (Lipinski definition) is 4. The number of ether oxygens (including phenoxy) is 1. The molecular formula is C22H26N2O3. The fourth-order valence-electron chi connectivity index (χ4n) is 3.25. The first-order valence-electron chi connectivity index (χ1n) is 9.38. The van der Waals surface area contributed by atoms with Crippen LogP contribution in [-0.2, 0) is 6.42 Å². The zero-order valence-electron chi connectivity index (χ0n) is 16.0. The summed E-state index contributed by atoms with van der Waals surface area (Å²) < 4.78 is 5.82. The molecule has 0 fully saturated rings. The van der Waals surface area contributed by atoms with E-state index in [9.17, 15) is 9.59 Å². The monoisotopic (exact) mass is 366 g/mol. The molecule has 0 radical (unpaired) electrons. The second-order valence-electron chi connectivity index (χ2n) is 7.06. The molecular weight excluding hydrogens is 340 g/mol. The number of aryl methyl sites for hydroxylation is 1. The molecule has 0 aromatic heterocycles. The molecule has 2 aromatic carbocycles. The average Bonchev–Trinajstić information content (AvgIpc) is 2.90. The number of benzene rings is 2. The third-order valence-corrected chi connectivity index (χ3v) is 4.64. The predicted octanol–water partition coefficient (Wildman–Crippen LogP) is 3.25. The van der Waals surface area contributed by atoms with Gasteiger partial charge < -0.3 is 9.64 Å². The third-order valence-electron chi connectivity index (χ3n) is 4.64. The predicted molar refractivity (Wildman–Crippen MR) is 105 cm³/mol. The minimum atomic E-state index is -0.210. The van der Waals surface area contributed by atoms with E-state index in [2.05, 4.69) is 31.1 Å².